The van der Waals surface area contributed by atoms with Gasteiger partial charge in [-0.3, -0.25) is 4.79 Å². The first-order valence-corrected chi connectivity index (χ1v) is 9.57. The van der Waals surface area contributed by atoms with E-state index in [1.807, 2.05) is 12.1 Å². The normalized spacial score (nSPS) is 14.3. The summed E-state index contributed by atoms with van der Waals surface area (Å²) in [5.74, 6) is 1.65. The topological polar surface area (TPSA) is 92.3 Å². The maximum Gasteiger partial charge on any atom is 0.331 e. The van der Waals surface area contributed by atoms with Crippen molar-refractivity contribution in [2.75, 3.05) is 26.6 Å². The van der Waals surface area contributed by atoms with Gasteiger partial charge in [-0.1, -0.05) is 12.1 Å². The van der Waals surface area contributed by atoms with Gasteiger partial charge in [-0.05, 0) is 41.5 Å². The van der Waals surface area contributed by atoms with E-state index < -0.39 is 11.9 Å². The molecule has 0 aliphatic carbocycles. The zero-order chi connectivity index (χ0) is 20.8. The second-order valence-electron chi connectivity index (χ2n) is 6.66. The summed E-state index contributed by atoms with van der Waals surface area (Å²) >= 11 is 0. The summed E-state index contributed by atoms with van der Waals surface area (Å²) in [4.78, 5) is 23.8. The molecule has 0 saturated heterocycles. The zero-order valence-corrected chi connectivity index (χ0v) is 16.2. The van der Waals surface area contributed by atoms with Crippen molar-refractivity contribution >= 4 is 18.0 Å². The van der Waals surface area contributed by atoms with E-state index in [4.69, 9.17) is 23.7 Å². The number of esters is 1. The van der Waals surface area contributed by atoms with E-state index in [-0.39, 0.29) is 13.4 Å². The van der Waals surface area contributed by atoms with Gasteiger partial charge >= 0.3 is 5.97 Å². The van der Waals surface area contributed by atoms with E-state index in [0.717, 1.165) is 17.5 Å². The lowest BCUT2D eigenvalue weighted by Crippen LogP contribution is -2.28. The molecule has 1 amide bonds. The smallest absolute Gasteiger partial charge is 0.331 e. The second-order valence-corrected chi connectivity index (χ2v) is 6.66. The molecule has 4 rings (SSSR count). The van der Waals surface area contributed by atoms with Crippen LogP contribution in [0.1, 0.15) is 17.5 Å². The Morgan fingerprint density at radius 1 is 0.933 bits per heavy atom. The highest BCUT2D eigenvalue weighted by Gasteiger charge is 2.14. The van der Waals surface area contributed by atoms with Crippen molar-refractivity contribution in [3.8, 4) is 23.0 Å². The number of amides is 1. The number of nitrogens with one attached hydrogen (secondary N) is 1. The number of ether oxygens (including phenoxy) is 5. The standard InChI is InChI=1S/C22H21NO7/c24-21(23-12-16-3-6-18-20(11-16)30-14-29-18)13-28-22(25)7-4-15-2-5-17-19(10-15)27-9-1-8-26-17/h2-7,10-11H,1,8-9,12-14H2,(H,23,24)/b7-4+. The largest absolute Gasteiger partial charge is 0.490 e. The van der Waals surface area contributed by atoms with Crippen molar-refractivity contribution in [2.45, 2.75) is 13.0 Å². The molecule has 0 fully saturated rings. The summed E-state index contributed by atoms with van der Waals surface area (Å²) in [6.07, 6.45) is 3.69. The van der Waals surface area contributed by atoms with Gasteiger partial charge in [0.05, 0.1) is 13.2 Å². The highest BCUT2D eigenvalue weighted by Crippen LogP contribution is 2.32. The van der Waals surface area contributed by atoms with Crippen LogP contribution >= 0.6 is 0 Å². The van der Waals surface area contributed by atoms with Crippen molar-refractivity contribution in [1.29, 1.82) is 0 Å². The lowest BCUT2D eigenvalue weighted by molar-refractivity contribution is -0.143. The molecule has 0 spiro atoms. The molecular weight excluding hydrogens is 390 g/mol. The van der Waals surface area contributed by atoms with E-state index in [0.29, 0.717) is 42.8 Å². The van der Waals surface area contributed by atoms with Gasteiger partial charge in [0.25, 0.3) is 5.91 Å². The highest BCUT2D eigenvalue weighted by atomic mass is 16.7. The molecule has 2 aliphatic heterocycles. The molecule has 0 atom stereocenters. The van der Waals surface area contributed by atoms with E-state index >= 15 is 0 Å². The predicted octanol–water partition coefficient (Wildman–Crippen LogP) is 2.45. The lowest BCUT2D eigenvalue weighted by atomic mass is 10.2. The van der Waals surface area contributed by atoms with Crippen LogP contribution in [0.15, 0.2) is 42.5 Å². The number of hydrogen-bond donors (Lipinski definition) is 1. The van der Waals surface area contributed by atoms with Crippen molar-refractivity contribution in [1.82, 2.24) is 5.32 Å². The van der Waals surface area contributed by atoms with Gasteiger partial charge in [0.15, 0.2) is 29.6 Å². The minimum atomic E-state index is -0.611. The van der Waals surface area contributed by atoms with Crippen LogP contribution in [0.4, 0.5) is 0 Å². The summed E-state index contributed by atoms with van der Waals surface area (Å²) in [7, 11) is 0. The molecule has 1 N–H and O–H groups in total. The van der Waals surface area contributed by atoms with Gasteiger partial charge < -0.3 is 29.0 Å². The van der Waals surface area contributed by atoms with Gasteiger partial charge in [-0.2, -0.15) is 0 Å². The average Bonchev–Trinajstić information content (AvgIpc) is 3.10. The lowest BCUT2D eigenvalue weighted by Gasteiger charge is -2.07. The summed E-state index contributed by atoms with van der Waals surface area (Å²) < 4.78 is 26.7. The molecule has 0 radical (unpaired) electrons. The molecule has 2 heterocycles. The maximum absolute atomic E-state index is 11.9. The van der Waals surface area contributed by atoms with E-state index in [1.54, 1.807) is 30.3 Å². The Kier molecular flexibility index (Phi) is 6.03. The summed E-state index contributed by atoms with van der Waals surface area (Å²) in [6, 6.07) is 10.8. The minimum Gasteiger partial charge on any atom is -0.490 e. The van der Waals surface area contributed by atoms with Crippen LogP contribution in [0.25, 0.3) is 6.08 Å². The van der Waals surface area contributed by atoms with Gasteiger partial charge in [0.2, 0.25) is 6.79 Å². The zero-order valence-electron chi connectivity index (χ0n) is 16.2. The fourth-order valence-corrected chi connectivity index (χ4v) is 2.94. The van der Waals surface area contributed by atoms with Crippen LogP contribution in [0.2, 0.25) is 0 Å². The maximum atomic E-state index is 11.9. The molecule has 0 aromatic heterocycles. The molecular formula is C22H21NO7. The Bertz CT molecular complexity index is 970. The van der Waals surface area contributed by atoms with Gasteiger partial charge in [0, 0.05) is 19.0 Å². The summed E-state index contributed by atoms with van der Waals surface area (Å²) in [6.45, 7) is 1.32. The van der Waals surface area contributed by atoms with E-state index in [1.165, 1.54) is 6.08 Å². The third-order valence-electron chi connectivity index (χ3n) is 4.46. The summed E-state index contributed by atoms with van der Waals surface area (Å²) in [5.41, 5.74) is 1.62. The van der Waals surface area contributed by atoms with Gasteiger partial charge in [0.1, 0.15) is 0 Å². The minimum absolute atomic E-state index is 0.195. The molecule has 2 aromatic rings. The van der Waals surface area contributed by atoms with E-state index in [9.17, 15) is 9.59 Å². The molecule has 8 heteroatoms. The number of rotatable bonds is 6. The molecule has 2 aliphatic rings. The fraction of sp³-hybridized carbons (Fsp3) is 0.273. The van der Waals surface area contributed by atoms with Crippen molar-refractivity contribution in [3.63, 3.8) is 0 Å². The van der Waals surface area contributed by atoms with Gasteiger partial charge in [-0.25, -0.2) is 4.79 Å². The Balaban J connectivity index is 1.22. The third kappa shape index (κ3) is 5.02. The Labute approximate surface area is 173 Å². The third-order valence-corrected chi connectivity index (χ3v) is 4.46. The fourth-order valence-electron chi connectivity index (χ4n) is 2.94. The quantitative estimate of drug-likeness (QED) is 0.577. The molecule has 0 unspecified atom stereocenters. The molecule has 2 aromatic carbocycles. The first-order chi connectivity index (χ1) is 14.7. The number of carbonyl (C=O) groups excluding carboxylic acids is 2. The predicted molar refractivity (Wildman–Crippen MR) is 106 cm³/mol. The highest BCUT2D eigenvalue weighted by molar-refractivity contribution is 5.89. The first-order valence-electron chi connectivity index (χ1n) is 9.57. The molecule has 8 nitrogen and oxygen atoms in total. The number of benzene rings is 2. The average molecular weight is 411 g/mol. The van der Waals surface area contributed by atoms with E-state index in [2.05, 4.69) is 5.32 Å². The Hall–Kier alpha value is -3.68. The van der Waals surface area contributed by atoms with Crippen molar-refractivity contribution in [2.24, 2.45) is 0 Å². The number of carbonyl (C=O) groups is 2. The molecule has 30 heavy (non-hydrogen) atoms. The monoisotopic (exact) mass is 411 g/mol. The van der Waals surface area contributed by atoms with Crippen LogP contribution in [0, 0.1) is 0 Å². The Morgan fingerprint density at radius 2 is 1.67 bits per heavy atom. The number of fused-ring (bicyclic) bond motifs is 2. The van der Waals surface area contributed by atoms with Crippen molar-refractivity contribution < 1.29 is 33.3 Å². The number of hydrogen-bond acceptors (Lipinski definition) is 7. The second kappa shape index (κ2) is 9.21. The molecule has 0 saturated carbocycles. The van der Waals surface area contributed by atoms with Crippen LogP contribution in [-0.4, -0.2) is 38.5 Å². The molecule has 0 bridgehead atoms. The Morgan fingerprint density at radius 3 is 2.57 bits per heavy atom. The van der Waals surface area contributed by atoms with Crippen LogP contribution in [0.5, 0.6) is 23.0 Å². The summed E-state index contributed by atoms with van der Waals surface area (Å²) in [5, 5.41) is 2.69. The van der Waals surface area contributed by atoms with Crippen LogP contribution in [-0.2, 0) is 20.9 Å². The van der Waals surface area contributed by atoms with Gasteiger partial charge in [-0.15, -0.1) is 0 Å². The first kappa shape index (κ1) is 19.6. The van der Waals surface area contributed by atoms with Crippen LogP contribution < -0.4 is 24.3 Å². The SMILES string of the molecule is O=C(COC(=O)/C=C/c1ccc2c(c1)OCCCO2)NCc1ccc2c(c1)OCO2. The van der Waals surface area contributed by atoms with Crippen molar-refractivity contribution in [3.05, 3.63) is 53.6 Å². The van der Waals surface area contributed by atoms with Crippen LogP contribution in [0.3, 0.4) is 0 Å². The molecule has 156 valence electrons.